The van der Waals surface area contributed by atoms with Gasteiger partial charge in [-0.05, 0) is 55.4 Å². The number of thiocarbonyl (C=S) groups is 1. The van der Waals surface area contributed by atoms with Gasteiger partial charge in [0.1, 0.15) is 0 Å². The van der Waals surface area contributed by atoms with Gasteiger partial charge in [-0.1, -0.05) is 83.0 Å². The van der Waals surface area contributed by atoms with Gasteiger partial charge in [-0.2, -0.15) is 4.98 Å². The maximum Gasteiger partial charge on any atom is 0.258 e. The summed E-state index contributed by atoms with van der Waals surface area (Å²) < 4.78 is 5.82. The van der Waals surface area contributed by atoms with Gasteiger partial charge in [0.15, 0.2) is 5.11 Å². The maximum atomic E-state index is 6.08. The number of allylic oxidation sites excluding steroid dienone is 1. The summed E-state index contributed by atoms with van der Waals surface area (Å²) in [5.74, 6) is 1.03. The minimum atomic E-state index is -0.207. The number of nitrogens with zero attached hydrogens (tertiary/aromatic N) is 3. The standard InChI is InChI=1S/C27H23ClN4OS/c1-17-7-6-10-21(15-17)25-30-26(33-31-25)23-18(2)32(16-19-11-13-22(28)14-12-19)27(34)29-24(23)20-8-4-3-5-9-20/h3-15,24H,16H2,1-2H3,(H,29,34). The van der Waals surface area contributed by atoms with E-state index in [1.54, 1.807) is 0 Å². The zero-order valence-electron chi connectivity index (χ0n) is 18.8. The number of halogens is 1. The number of aryl methyl sites for hydroxylation is 1. The lowest BCUT2D eigenvalue weighted by atomic mass is 9.94. The molecule has 0 fully saturated rings. The predicted octanol–water partition coefficient (Wildman–Crippen LogP) is 6.56. The number of rotatable bonds is 5. The highest BCUT2D eigenvalue weighted by atomic mass is 35.5. The molecule has 1 unspecified atom stereocenters. The molecule has 0 amide bonds. The highest BCUT2D eigenvalue weighted by Gasteiger charge is 2.34. The monoisotopic (exact) mass is 486 g/mol. The second-order valence-electron chi connectivity index (χ2n) is 8.30. The van der Waals surface area contributed by atoms with Gasteiger partial charge in [-0.15, -0.1) is 0 Å². The lowest BCUT2D eigenvalue weighted by molar-refractivity contribution is 0.396. The SMILES string of the molecule is CC1=C(c2nc(-c3cccc(C)c3)no2)C(c2ccccc2)NC(=S)N1Cc1ccc(Cl)cc1. The molecule has 7 heteroatoms. The van der Waals surface area contributed by atoms with Crippen LogP contribution in [0.2, 0.25) is 5.02 Å². The van der Waals surface area contributed by atoms with Gasteiger partial charge in [0, 0.05) is 22.8 Å². The average Bonchev–Trinajstić information content (AvgIpc) is 3.33. The Hall–Kier alpha value is -3.48. The van der Waals surface area contributed by atoms with Gasteiger partial charge in [-0.25, -0.2) is 0 Å². The lowest BCUT2D eigenvalue weighted by Crippen LogP contribution is -2.45. The fraction of sp³-hybridized carbons (Fsp3) is 0.148. The van der Waals surface area contributed by atoms with Gasteiger partial charge < -0.3 is 14.7 Å². The molecule has 1 aliphatic rings. The van der Waals surface area contributed by atoms with E-state index in [-0.39, 0.29) is 6.04 Å². The van der Waals surface area contributed by atoms with Crippen molar-refractivity contribution in [1.29, 1.82) is 0 Å². The van der Waals surface area contributed by atoms with E-state index in [1.807, 2.05) is 80.6 Å². The van der Waals surface area contributed by atoms with Crippen LogP contribution < -0.4 is 5.32 Å². The molecule has 0 radical (unpaired) electrons. The number of benzene rings is 3. The van der Waals surface area contributed by atoms with Crippen molar-refractivity contribution in [3.63, 3.8) is 0 Å². The summed E-state index contributed by atoms with van der Waals surface area (Å²) in [6.07, 6.45) is 0. The number of aromatic nitrogens is 2. The van der Waals surface area contributed by atoms with Crippen molar-refractivity contribution in [2.75, 3.05) is 0 Å². The van der Waals surface area contributed by atoms with E-state index in [0.717, 1.165) is 33.5 Å². The van der Waals surface area contributed by atoms with Gasteiger partial charge in [0.05, 0.1) is 11.6 Å². The number of nitrogens with one attached hydrogen (secondary N) is 1. The molecule has 34 heavy (non-hydrogen) atoms. The van der Waals surface area contributed by atoms with E-state index in [4.69, 9.17) is 33.3 Å². The summed E-state index contributed by atoms with van der Waals surface area (Å²) >= 11 is 11.9. The van der Waals surface area contributed by atoms with Crippen molar-refractivity contribution >= 4 is 34.5 Å². The third kappa shape index (κ3) is 4.47. The molecule has 3 aromatic carbocycles. The Morgan fingerprint density at radius 3 is 2.50 bits per heavy atom. The quantitative estimate of drug-likeness (QED) is 0.322. The van der Waals surface area contributed by atoms with Gasteiger partial charge in [0.25, 0.3) is 5.89 Å². The summed E-state index contributed by atoms with van der Waals surface area (Å²) in [4.78, 5) is 6.85. The van der Waals surface area contributed by atoms with Gasteiger partial charge >= 0.3 is 0 Å². The molecule has 0 bridgehead atoms. The lowest BCUT2D eigenvalue weighted by Gasteiger charge is -2.37. The van der Waals surface area contributed by atoms with E-state index in [2.05, 4.69) is 27.5 Å². The molecule has 0 saturated carbocycles. The molecule has 0 spiro atoms. The minimum absolute atomic E-state index is 0.207. The highest BCUT2D eigenvalue weighted by molar-refractivity contribution is 7.80. The molecule has 1 aliphatic heterocycles. The molecule has 170 valence electrons. The maximum absolute atomic E-state index is 6.08. The Balaban J connectivity index is 1.59. The first kappa shape index (κ1) is 22.3. The number of hydrogen-bond donors (Lipinski definition) is 1. The van der Waals surface area contributed by atoms with Crippen LogP contribution in [0.4, 0.5) is 0 Å². The van der Waals surface area contributed by atoms with Crippen molar-refractivity contribution in [2.24, 2.45) is 0 Å². The Morgan fingerprint density at radius 2 is 1.76 bits per heavy atom. The van der Waals surface area contributed by atoms with Crippen molar-refractivity contribution in [2.45, 2.75) is 26.4 Å². The third-order valence-electron chi connectivity index (χ3n) is 5.92. The average molecular weight is 487 g/mol. The molecule has 2 heterocycles. The first-order valence-corrected chi connectivity index (χ1v) is 11.8. The van der Waals surface area contributed by atoms with Crippen LogP contribution in [0.3, 0.4) is 0 Å². The van der Waals surface area contributed by atoms with E-state index < -0.39 is 0 Å². The fourth-order valence-corrected chi connectivity index (χ4v) is 4.60. The van der Waals surface area contributed by atoms with Crippen LogP contribution >= 0.6 is 23.8 Å². The summed E-state index contributed by atoms with van der Waals surface area (Å²) in [5.41, 5.74) is 6.09. The van der Waals surface area contributed by atoms with Crippen molar-refractivity contribution in [3.05, 3.63) is 112 Å². The fourth-order valence-electron chi connectivity index (χ4n) is 4.15. The third-order valence-corrected chi connectivity index (χ3v) is 6.51. The van der Waals surface area contributed by atoms with Crippen LogP contribution in [0.1, 0.15) is 35.5 Å². The van der Waals surface area contributed by atoms with Gasteiger partial charge in [-0.3, -0.25) is 0 Å². The predicted molar refractivity (Wildman–Crippen MR) is 139 cm³/mol. The molecule has 5 nitrogen and oxygen atoms in total. The van der Waals surface area contributed by atoms with Crippen LogP contribution in [-0.4, -0.2) is 20.2 Å². The Labute approximate surface area is 209 Å². The van der Waals surface area contributed by atoms with Crippen LogP contribution in [0.25, 0.3) is 17.0 Å². The smallest absolute Gasteiger partial charge is 0.258 e. The molecule has 0 saturated heterocycles. The second kappa shape index (κ2) is 9.41. The van der Waals surface area contributed by atoms with Crippen LogP contribution in [-0.2, 0) is 6.54 Å². The van der Waals surface area contributed by atoms with E-state index in [1.165, 1.54) is 0 Å². The molecule has 1 aromatic heterocycles. The zero-order valence-corrected chi connectivity index (χ0v) is 20.4. The highest BCUT2D eigenvalue weighted by Crippen LogP contribution is 2.38. The molecule has 1 N–H and O–H groups in total. The summed E-state index contributed by atoms with van der Waals surface area (Å²) in [6, 6.07) is 25.8. The first-order chi connectivity index (χ1) is 16.5. The zero-order chi connectivity index (χ0) is 23.7. The molecule has 5 rings (SSSR count). The number of hydrogen-bond acceptors (Lipinski definition) is 4. The van der Waals surface area contributed by atoms with Crippen molar-refractivity contribution < 1.29 is 4.52 Å². The van der Waals surface area contributed by atoms with Crippen LogP contribution in [0, 0.1) is 6.92 Å². The molecular formula is C27H23ClN4OS. The largest absolute Gasteiger partial charge is 0.351 e. The summed E-state index contributed by atoms with van der Waals surface area (Å²) in [7, 11) is 0. The minimum Gasteiger partial charge on any atom is -0.351 e. The molecule has 0 aliphatic carbocycles. The Morgan fingerprint density at radius 1 is 1.00 bits per heavy atom. The van der Waals surface area contributed by atoms with Crippen LogP contribution in [0.5, 0.6) is 0 Å². The van der Waals surface area contributed by atoms with E-state index in [0.29, 0.717) is 28.4 Å². The normalized spacial score (nSPS) is 16.0. The van der Waals surface area contributed by atoms with Crippen LogP contribution in [0.15, 0.2) is 89.1 Å². The van der Waals surface area contributed by atoms with Gasteiger partial charge in [0.2, 0.25) is 5.82 Å². The molecule has 1 atom stereocenters. The van der Waals surface area contributed by atoms with Crippen molar-refractivity contribution in [3.8, 4) is 11.4 Å². The van der Waals surface area contributed by atoms with E-state index >= 15 is 0 Å². The summed E-state index contributed by atoms with van der Waals surface area (Å²) in [5, 5.41) is 9.13. The molecule has 4 aromatic rings. The first-order valence-electron chi connectivity index (χ1n) is 11.0. The summed E-state index contributed by atoms with van der Waals surface area (Å²) in [6.45, 7) is 4.69. The molecular weight excluding hydrogens is 464 g/mol. The second-order valence-corrected chi connectivity index (χ2v) is 9.12. The Bertz CT molecular complexity index is 1360. The topological polar surface area (TPSA) is 54.2 Å². The Kier molecular flexibility index (Phi) is 6.18. The van der Waals surface area contributed by atoms with Crippen molar-refractivity contribution in [1.82, 2.24) is 20.4 Å². The van der Waals surface area contributed by atoms with E-state index in [9.17, 15) is 0 Å².